The van der Waals surface area contributed by atoms with Gasteiger partial charge in [0.05, 0.1) is 16.9 Å². The molecule has 6 nitrogen and oxygen atoms in total. The molecule has 0 aromatic heterocycles. The number of esters is 1. The monoisotopic (exact) mass is 366 g/mol. The molecule has 0 radical (unpaired) electrons. The molecule has 1 N–H and O–H groups in total. The van der Waals surface area contributed by atoms with Gasteiger partial charge in [-0.15, -0.1) is 0 Å². The molecule has 0 unspecified atom stereocenters. The number of carbonyl (C=O) groups excluding carboxylic acids is 3. The molecule has 0 saturated heterocycles. The molecule has 1 aliphatic heterocycles. The van der Waals surface area contributed by atoms with Gasteiger partial charge in [0.25, 0.3) is 5.91 Å². The van der Waals surface area contributed by atoms with Crippen molar-refractivity contribution in [2.75, 3.05) is 16.8 Å². The van der Waals surface area contributed by atoms with Crippen LogP contribution in [0.3, 0.4) is 0 Å². The van der Waals surface area contributed by atoms with Crippen LogP contribution >= 0.6 is 0 Å². The number of aryl methyl sites for hydroxylation is 1. The molecule has 27 heavy (non-hydrogen) atoms. The molecule has 0 aliphatic carbocycles. The van der Waals surface area contributed by atoms with Crippen molar-refractivity contribution in [2.24, 2.45) is 0 Å². The summed E-state index contributed by atoms with van der Waals surface area (Å²) in [6, 6.07) is 12.1. The number of nitrogens with one attached hydrogen (secondary N) is 1. The third-order valence-corrected chi connectivity index (χ3v) is 4.78. The van der Waals surface area contributed by atoms with Gasteiger partial charge in [0.15, 0.2) is 6.61 Å². The summed E-state index contributed by atoms with van der Waals surface area (Å²) in [6.45, 7) is 5.17. The van der Waals surface area contributed by atoms with Crippen molar-refractivity contribution < 1.29 is 19.1 Å². The number of nitrogens with zero attached hydrogens (tertiary/aromatic N) is 1. The zero-order chi connectivity index (χ0) is 19.6. The Morgan fingerprint density at radius 1 is 1.15 bits per heavy atom. The first-order chi connectivity index (χ1) is 12.9. The Hall–Kier alpha value is -3.15. The van der Waals surface area contributed by atoms with E-state index in [0.29, 0.717) is 16.9 Å². The van der Waals surface area contributed by atoms with Gasteiger partial charge in [-0.25, -0.2) is 4.79 Å². The van der Waals surface area contributed by atoms with E-state index in [4.69, 9.17) is 4.74 Å². The molecule has 1 atom stereocenters. The smallest absolute Gasteiger partial charge is 0.338 e. The van der Waals surface area contributed by atoms with E-state index in [0.717, 1.165) is 11.1 Å². The number of rotatable bonds is 3. The first kappa shape index (κ1) is 18.6. The highest BCUT2D eigenvalue weighted by molar-refractivity contribution is 6.05. The molecule has 0 spiro atoms. The van der Waals surface area contributed by atoms with E-state index in [1.165, 1.54) is 4.90 Å². The number of benzene rings is 2. The fourth-order valence-electron chi connectivity index (χ4n) is 3.21. The standard InChI is InChI=1S/C21H22N2O4/c1-13-7-6-8-16(15(13)3)21(26)27-12-20(25)23-14(2)11-19(24)22-17-9-4-5-10-18(17)23/h4-10,14H,11-12H2,1-3H3,(H,22,24)/t14-/m0/s1. The summed E-state index contributed by atoms with van der Waals surface area (Å²) in [6.07, 6.45) is 0.172. The van der Waals surface area contributed by atoms with Crippen LogP contribution in [0.5, 0.6) is 0 Å². The molecule has 2 amide bonds. The summed E-state index contributed by atoms with van der Waals surface area (Å²) in [5.74, 6) is -1.06. The number of amides is 2. The molecule has 1 aliphatic rings. The summed E-state index contributed by atoms with van der Waals surface area (Å²) in [7, 11) is 0. The molecule has 2 aromatic rings. The Balaban J connectivity index is 1.78. The second-order valence-electron chi connectivity index (χ2n) is 6.71. The molecular weight excluding hydrogens is 344 g/mol. The van der Waals surface area contributed by atoms with Crippen molar-refractivity contribution in [3.63, 3.8) is 0 Å². The highest BCUT2D eigenvalue weighted by Crippen LogP contribution is 2.31. The lowest BCUT2D eigenvalue weighted by molar-refractivity contribution is -0.122. The Labute approximate surface area is 158 Å². The average molecular weight is 366 g/mol. The summed E-state index contributed by atoms with van der Waals surface area (Å²) in [4.78, 5) is 38.7. The average Bonchev–Trinajstić information content (AvgIpc) is 2.76. The van der Waals surface area contributed by atoms with E-state index < -0.39 is 5.97 Å². The van der Waals surface area contributed by atoms with Crippen LogP contribution in [0, 0.1) is 13.8 Å². The van der Waals surface area contributed by atoms with E-state index in [9.17, 15) is 14.4 Å². The Kier molecular flexibility index (Phi) is 5.26. The van der Waals surface area contributed by atoms with Gasteiger partial charge in [-0.1, -0.05) is 24.3 Å². The first-order valence-corrected chi connectivity index (χ1v) is 8.82. The molecule has 3 rings (SSSR count). The minimum absolute atomic E-state index is 0.155. The van der Waals surface area contributed by atoms with E-state index >= 15 is 0 Å². The molecule has 2 aromatic carbocycles. The summed E-state index contributed by atoms with van der Waals surface area (Å²) < 4.78 is 5.27. The lowest BCUT2D eigenvalue weighted by atomic mass is 10.0. The van der Waals surface area contributed by atoms with Crippen LogP contribution in [-0.2, 0) is 14.3 Å². The number of anilines is 2. The third-order valence-electron chi connectivity index (χ3n) is 4.78. The molecule has 0 bridgehead atoms. The fraction of sp³-hybridized carbons (Fsp3) is 0.286. The molecule has 0 fully saturated rings. The summed E-state index contributed by atoms with van der Waals surface area (Å²) >= 11 is 0. The van der Waals surface area contributed by atoms with E-state index in [-0.39, 0.29) is 30.9 Å². The predicted octanol–water partition coefficient (Wildman–Crippen LogP) is 3.22. The van der Waals surface area contributed by atoms with E-state index in [2.05, 4.69) is 5.32 Å². The number of carbonyl (C=O) groups is 3. The number of hydrogen-bond acceptors (Lipinski definition) is 4. The molecule has 140 valence electrons. The van der Waals surface area contributed by atoms with Crippen LogP contribution in [-0.4, -0.2) is 30.4 Å². The third kappa shape index (κ3) is 3.84. The normalized spacial score (nSPS) is 16.2. The molecule has 1 heterocycles. The van der Waals surface area contributed by atoms with Gasteiger partial charge in [0.1, 0.15) is 0 Å². The summed E-state index contributed by atoms with van der Waals surface area (Å²) in [5, 5.41) is 2.80. The highest BCUT2D eigenvalue weighted by atomic mass is 16.5. The topological polar surface area (TPSA) is 75.7 Å². The van der Waals surface area contributed by atoms with Crippen molar-refractivity contribution in [1.82, 2.24) is 0 Å². The second kappa shape index (κ2) is 7.61. The van der Waals surface area contributed by atoms with Gasteiger partial charge in [0, 0.05) is 12.5 Å². The van der Waals surface area contributed by atoms with Crippen molar-refractivity contribution in [1.29, 1.82) is 0 Å². The number of hydrogen-bond donors (Lipinski definition) is 1. The maximum absolute atomic E-state index is 12.8. The van der Waals surface area contributed by atoms with Gasteiger partial charge in [-0.3, -0.25) is 9.59 Å². The van der Waals surface area contributed by atoms with Crippen LogP contribution < -0.4 is 10.2 Å². The van der Waals surface area contributed by atoms with E-state index in [1.807, 2.05) is 19.9 Å². The van der Waals surface area contributed by atoms with E-state index in [1.54, 1.807) is 43.3 Å². The quantitative estimate of drug-likeness (QED) is 0.847. The Morgan fingerprint density at radius 2 is 1.89 bits per heavy atom. The first-order valence-electron chi connectivity index (χ1n) is 8.82. The zero-order valence-corrected chi connectivity index (χ0v) is 15.6. The number of fused-ring (bicyclic) bond motifs is 1. The Morgan fingerprint density at radius 3 is 2.67 bits per heavy atom. The Bertz CT molecular complexity index is 907. The van der Waals surface area contributed by atoms with Crippen molar-refractivity contribution >= 4 is 29.2 Å². The summed E-state index contributed by atoms with van der Waals surface area (Å²) in [5.41, 5.74) is 3.43. The van der Waals surface area contributed by atoms with Gasteiger partial charge in [-0.05, 0) is 50.1 Å². The van der Waals surface area contributed by atoms with Gasteiger partial charge in [-0.2, -0.15) is 0 Å². The maximum atomic E-state index is 12.8. The maximum Gasteiger partial charge on any atom is 0.338 e. The lowest BCUT2D eigenvalue weighted by Crippen LogP contribution is -2.41. The van der Waals surface area contributed by atoms with Gasteiger partial charge >= 0.3 is 5.97 Å². The van der Waals surface area contributed by atoms with Crippen LogP contribution in [0.25, 0.3) is 0 Å². The highest BCUT2D eigenvalue weighted by Gasteiger charge is 2.30. The van der Waals surface area contributed by atoms with Gasteiger partial charge < -0.3 is 15.0 Å². The van der Waals surface area contributed by atoms with Crippen LogP contribution in [0.2, 0.25) is 0 Å². The predicted molar refractivity (Wildman–Crippen MR) is 103 cm³/mol. The van der Waals surface area contributed by atoms with Crippen LogP contribution in [0.4, 0.5) is 11.4 Å². The fourth-order valence-corrected chi connectivity index (χ4v) is 3.21. The van der Waals surface area contributed by atoms with Crippen LogP contribution in [0.1, 0.15) is 34.8 Å². The largest absolute Gasteiger partial charge is 0.452 e. The second-order valence-corrected chi connectivity index (χ2v) is 6.71. The lowest BCUT2D eigenvalue weighted by Gasteiger charge is -2.27. The molecule has 6 heteroatoms. The number of ether oxygens (including phenoxy) is 1. The molecule has 0 saturated carbocycles. The van der Waals surface area contributed by atoms with Gasteiger partial charge in [0.2, 0.25) is 5.91 Å². The molecular formula is C21H22N2O4. The van der Waals surface area contributed by atoms with Crippen molar-refractivity contribution in [3.05, 3.63) is 59.2 Å². The minimum atomic E-state index is -0.533. The SMILES string of the molecule is Cc1cccc(C(=O)OCC(=O)N2c3ccccc3NC(=O)C[C@@H]2C)c1C. The van der Waals surface area contributed by atoms with Crippen molar-refractivity contribution in [3.8, 4) is 0 Å². The zero-order valence-electron chi connectivity index (χ0n) is 15.6. The minimum Gasteiger partial charge on any atom is -0.452 e. The van der Waals surface area contributed by atoms with Crippen LogP contribution in [0.15, 0.2) is 42.5 Å². The number of para-hydroxylation sites is 2. The van der Waals surface area contributed by atoms with Crippen molar-refractivity contribution in [2.45, 2.75) is 33.2 Å².